The molecular weight excluding hydrogens is 675 g/mol. The van der Waals surface area contributed by atoms with Gasteiger partial charge in [0, 0.05) is 55.3 Å². The number of hydrogen-bond acceptors (Lipinski definition) is 9. The van der Waals surface area contributed by atoms with Gasteiger partial charge in [0.1, 0.15) is 16.2 Å². The van der Waals surface area contributed by atoms with Gasteiger partial charge >= 0.3 is 5.97 Å². The number of ether oxygens (including phenoxy) is 1. The van der Waals surface area contributed by atoms with Crippen molar-refractivity contribution in [3.63, 3.8) is 0 Å². The first-order valence-corrected chi connectivity index (χ1v) is 19.0. The molecule has 5 saturated carbocycles. The summed E-state index contributed by atoms with van der Waals surface area (Å²) in [5.41, 5.74) is 6.46. The zero-order valence-corrected chi connectivity index (χ0v) is 30.4. The zero-order valence-electron chi connectivity index (χ0n) is 29.6. The maximum Gasteiger partial charge on any atom is 0.355 e. The molecule has 5 fully saturated rings. The Morgan fingerprint density at radius 2 is 1.94 bits per heavy atom. The Bertz CT molecular complexity index is 2300. The number of carbonyl (C=O) groups is 2. The van der Waals surface area contributed by atoms with E-state index in [4.69, 9.17) is 14.8 Å². The number of hydrogen-bond donors (Lipinski definition) is 2. The van der Waals surface area contributed by atoms with Gasteiger partial charge in [0.15, 0.2) is 10.8 Å². The first-order chi connectivity index (χ1) is 25.0. The van der Waals surface area contributed by atoms with Crippen LogP contribution in [0.1, 0.15) is 83.1 Å². The highest BCUT2D eigenvalue weighted by Crippen LogP contribution is 2.84. The minimum atomic E-state index is -1.08. The van der Waals surface area contributed by atoms with Gasteiger partial charge in [-0.25, -0.2) is 19.7 Å². The number of methoxy groups -OCH3 is 1. The summed E-state index contributed by atoms with van der Waals surface area (Å²) in [4.78, 5) is 42.8. The van der Waals surface area contributed by atoms with E-state index in [1.165, 1.54) is 37.0 Å². The number of anilines is 2. The molecule has 0 radical (unpaired) electrons. The third kappa shape index (κ3) is 4.79. The summed E-state index contributed by atoms with van der Waals surface area (Å²) in [6.07, 6.45) is 11.5. The monoisotopic (exact) mass is 715 g/mol. The van der Waals surface area contributed by atoms with Crippen LogP contribution in [0.2, 0.25) is 0 Å². The van der Waals surface area contributed by atoms with Crippen LogP contribution < -0.4 is 10.2 Å². The van der Waals surface area contributed by atoms with Crippen molar-refractivity contribution >= 4 is 44.5 Å². The van der Waals surface area contributed by atoms with Gasteiger partial charge in [0.05, 0.1) is 11.8 Å². The van der Waals surface area contributed by atoms with Gasteiger partial charge < -0.3 is 14.7 Å². The van der Waals surface area contributed by atoms with Crippen molar-refractivity contribution in [2.45, 2.75) is 77.5 Å². The highest BCUT2D eigenvalue weighted by atomic mass is 32.1. The number of thiazole rings is 1. The molecule has 1 amide bonds. The average molecular weight is 716 g/mol. The first-order valence-electron chi connectivity index (χ1n) is 18.2. The quantitative estimate of drug-likeness (QED) is 0.172. The molecule has 6 aliphatic rings. The normalized spacial score (nSPS) is 29.6. The molecule has 5 aliphatic carbocycles. The topological polar surface area (TPSA) is 135 Å². The van der Waals surface area contributed by atoms with Crippen LogP contribution in [0.3, 0.4) is 0 Å². The summed E-state index contributed by atoms with van der Waals surface area (Å²) in [5.74, 6) is -0.0419. The lowest BCUT2D eigenvalue weighted by Crippen LogP contribution is -2.61. The molecule has 2 N–H and O–H groups in total. The van der Waals surface area contributed by atoms with Gasteiger partial charge in [0.25, 0.3) is 5.91 Å². The first kappa shape index (κ1) is 32.0. The van der Waals surface area contributed by atoms with Crippen LogP contribution in [-0.4, -0.2) is 61.0 Å². The Morgan fingerprint density at radius 3 is 2.77 bits per heavy atom. The summed E-state index contributed by atoms with van der Waals surface area (Å²) in [5, 5.41) is 18.8. The molecule has 4 aromatic heterocycles. The van der Waals surface area contributed by atoms with Crippen LogP contribution in [0.15, 0.2) is 54.9 Å². The van der Waals surface area contributed by atoms with Gasteiger partial charge in [-0.1, -0.05) is 30.4 Å². The van der Waals surface area contributed by atoms with Crippen LogP contribution >= 0.6 is 11.3 Å². The smallest absolute Gasteiger partial charge is 0.355 e. The fourth-order valence-electron chi connectivity index (χ4n) is 11.7. The van der Waals surface area contributed by atoms with Crippen molar-refractivity contribution in [1.29, 1.82) is 0 Å². The van der Waals surface area contributed by atoms with E-state index < -0.39 is 5.97 Å². The van der Waals surface area contributed by atoms with Crippen molar-refractivity contribution < 1.29 is 19.4 Å². The number of aromatic nitrogens is 5. The van der Waals surface area contributed by atoms with Crippen LogP contribution in [-0.2, 0) is 24.2 Å². The number of carboxylic acid groups (broad SMARTS) is 1. The van der Waals surface area contributed by atoms with E-state index in [9.17, 15) is 14.7 Å². The minimum absolute atomic E-state index is 0.00298. The third-order valence-electron chi connectivity index (χ3n) is 13.2. The Labute approximate surface area is 305 Å². The molecule has 0 saturated heterocycles. The van der Waals surface area contributed by atoms with Crippen molar-refractivity contribution in [3.05, 3.63) is 82.9 Å². The molecule has 1 spiro atoms. The Balaban J connectivity index is 0.918. The molecule has 12 heteroatoms. The molecule has 1 aromatic carbocycles. The largest absolute Gasteiger partial charge is 0.476 e. The SMILES string of the molecule is COC12CC3(C)CC4(CC4C(Cn4ncc(-c5ccc(N6CCc7cccc(C(=O)Nc8nc9cccnc9s8)c7C6)nc5C(=O)O)c4C)(C3)C1)C2. The number of fused-ring (bicyclic) bond motifs is 2. The summed E-state index contributed by atoms with van der Waals surface area (Å²) in [6, 6.07) is 13.2. The van der Waals surface area contributed by atoms with Gasteiger partial charge in [-0.15, -0.1) is 0 Å². The van der Waals surface area contributed by atoms with Crippen molar-refractivity contribution in [1.82, 2.24) is 24.7 Å². The standard InChI is InChI=1S/C40H41N7O4S/c1-23-27(15-42-47(23)22-39-18-37(2)17-38(14-30(38)39)20-40(19-37,21-39)51-3)25-9-10-31(44-32(25)35(49)50)46-13-11-24-6-4-7-26(28(24)16-46)33(48)45-36-43-29-8-5-12-41-34(29)52-36/h4-10,12,15,30H,11,13-14,16-22H2,1-3H3,(H,49,50)(H,43,45,48). The third-order valence-corrected chi connectivity index (χ3v) is 14.1. The Morgan fingerprint density at radius 1 is 1.06 bits per heavy atom. The number of amides is 1. The molecule has 5 atom stereocenters. The predicted molar refractivity (Wildman–Crippen MR) is 198 cm³/mol. The molecular formula is C40H41N7O4S. The van der Waals surface area contributed by atoms with E-state index in [0.29, 0.717) is 58.3 Å². The van der Waals surface area contributed by atoms with E-state index in [-0.39, 0.29) is 22.6 Å². The molecule has 4 bridgehead atoms. The van der Waals surface area contributed by atoms with Crippen LogP contribution in [0.4, 0.5) is 10.9 Å². The van der Waals surface area contributed by atoms with E-state index >= 15 is 0 Å². The second kappa shape index (κ2) is 10.9. The summed E-state index contributed by atoms with van der Waals surface area (Å²) < 4.78 is 8.44. The maximum atomic E-state index is 13.6. The Hall–Kier alpha value is -4.68. The van der Waals surface area contributed by atoms with Gasteiger partial charge in [-0.05, 0) is 115 Å². The number of aromatic carboxylic acids is 1. The average Bonchev–Trinajstić information content (AvgIpc) is 3.50. The number of pyridine rings is 2. The summed E-state index contributed by atoms with van der Waals surface area (Å²) >= 11 is 1.34. The predicted octanol–water partition coefficient (Wildman–Crippen LogP) is 7.15. The maximum absolute atomic E-state index is 13.6. The molecule has 11 nitrogen and oxygen atoms in total. The number of carbonyl (C=O) groups excluding carboxylic acids is 1. The molecule has 1 aliphatic heterocycles. The molecule has 5 heterocycles. The van der Waals surface area contributed by atoms with Gasteiger partial charge in [-0.2, -0.15) is 5.10 Å². The number of benzene rings is 1. The summed E-state index contributed by atoms with van der Waals surface area (Å²) in [7, 11) is 1.90. The van der Waals surface area contributed by atoms with E-state index in [1.54, 1.807) is 6.20 Å². The van der Waals surface area contributed by atoms with Crippen molar-refractivity contribution in [2.24, 2.45) is 22.2 Å². The molecule has 266 valence electrons. The number of rotatable bonds is 8. The fourth-order valence-corrected chi connectivity index (χ4v) is 12.5. The van der Waals surface area contributed by atoms with E-state index in [0.717, 1.165) is 52.1 Å². The second-order valence-electron chi connectivity index (χ2n) is 16.7. The second-order valence-corrected chi connectivity index (χ2v) is 17.6. The van der Waals surface area contributed by atoms with Gasteiger partial charge in [0.2, 0.25) is 0 Å². The highest BCUT2D eigenvalue weighted by Gasteiger charge is 2.78. The van der Waals surface area contributed by atoms with E-state index in [2.05, 4.69) is 38.7 Å². The van der Waals surface area contributed by atoms with E-state index in [1.807, 2.05) is 55.8 Å². The van der Waals surface area contributed by atoms with Gasteiger partial charge in [-0.3, -0.25) is 14.8 Å². The van der Waals surface area contributed by atoms with Crippen molar-refractivity contribution in [2.75, 3.05) is 23.9 Å². The lowest BCUT2D eigenvalue weighted by atomic mass is 9.43. The number of nitrogens with one attached hydrogen (secondary N) is 1. The lowest BCUT2D eigenvalue weighted by molar-refractivity contribution is -0.215. The molecule has 52 heavy (non-hydrogen) atoms. The molecule has 11 rings (SSSR count). The summed E-state index contributed by atoms with van der Waals surface area (Å²) in [6.45, 7) is 6.43. The number of carboxylic acids is 1. The molecule has 5 unspecified atom stereocenters. The van der Waals surface area contributed by atoms with Crippen molar-refractivity contribution in [3.8, 4) is 11.1 Å². The van der Waals surface area contributed by atoms with Crippen LogP contribution in [0.5, 0.6) is 0 Å². The van der Waals surface area contributed by atoms with Crippen LogP contribution in [0.25, 0.3) is 21.5 Å². The van der Waals surface area contributed by atoms with Crippen LogP contribution in [0, 0.1) is 29.1 Å². The lowest BCUT2D eigenvalue weighted by Gasteiger charge is -2.65. The fraction of sp³-hybridized carbons (Fsp3) is 0.450. The number of nitrogens with zero attached hydrogens (tertiary/aromatic N) is 6. The highest BCUT2D eigenvalue weighted by molar-refractivity contribution is 7.21. The zero-order chi connectivity index (χ0) is 35.6. The Kier molecular flexibility index (Phi) is 6.72. The molecule has 5 aromatic rings. The minimum Gasteiger partial charge on any atom is -0.476 e.